The van der Waals surface area contributed by atoms with Gasteiger partial charge in [0.1, 0.15) is 11.5 Å². The van der Waals surface area contributed by atoms with Crippen LogP contribution in [0.5, 0.6) is 0 Å². The molecule has 0 saturated carbocycles. The van der Waals surface area contributed by atoms with Gasteiger partial charge in [-0.3, -0.25) is 9.36 Å². The molecule has 1 aromatic carbocycles. The first-order valence-corrected chi connectivity index (χ1v) is 12.2. The number of carbonyl (C=O) groups is 1. The summed E-state index contributed by atoms with van der Waals surface area (Å²) in [6, 6.07) is 3.56. The smallest absolute Gasteiger partial charge is 0.417 e. The van der Waals surface area contributed by atoms with Crippen molar-refractivity contribution in [1.82, 2.24) is 14.5 Å². The van der Waals surface area contributed by atoms with Crippen LogP contribution in [0.25, 0.3) is 11.4 Å². The number of nitrogens with one attached hydrogen (secondary N) is 1. The lowest BCUT2D eigenvalue weighted by atomic mass is 10.0. The summed E-state index contributed by atoms with van der Waals surface area (Å²) >= 11 is 0. The number of alkyl halides is 3. The fourth-order valence-corrected chi connectivity index (χ4v) is 4.50. The number of rotatable bonds is 8. The third-order valence-corrected chi connectivity index (χ3v) is 6.37. The molecule has 1 aliphatic rings. The molecule has 2 atom stereocenters. The lowest BCUT2D eigenvalue weighted by molar-refractivity contribution is -0.137. The summed E-state index contributed by atoms with van der Waals surface area (Å²) in [5, 5.41) is 3.20. The SMILES string of the molecule is CCO[C@H]1CN(C(=O)OC)C[C@H]1Nc1c(CC)nc(-c2ccc(N(C)C)cc2C(F)(F)F)n(CC)c1=O. The zero-order valence-electron chi connectivity index (χ0n) is 22.0. The fourth-order valence-electron chi connectivity index (χ4n) is 4.50. The quantitative estimate of drug-likeness (QED) is 0.560. The van der Waals surface area contributed by atoms with Gasteiger partial charge in [-0.15, -0.1) is 0 Å². The summed E-state index contributed by atoms with van der Waals surface area (Å²) in [7, 11) is 4.60. The van der Waals surface area contributed by atoms with Crippen LogP contribution in [0.15, 0.2) is 23.0 Å². The Morgan fingerprint density at radius 2 is 1.92 bits per heavy atom. The minimum Gasteiger partial charge on any atom is -0.453 e. The summed E-state index contributed by atoms with van der Waals surface area (Å²) in [4.78, 5) is 33.4. The first kappa shape index (κ1) is 28.3. The first-order chi connectivity index (χ1) is 17.5. The van der Waals surface area contributed by atoms with Gasteiger partial charge in [0.25, 0.3) is 5.56 Å². The molecule has 1 aliphatic heterocycles. The van der Waals surface area contributed by atoms with Crippen LogP contribution >= 0.6 is 0 Å². The van der Waals surface area contributed by atoms with E-state index in [1.807, 2.05) is 6.92 Å². The van der Waals surface area contributed by atoms with Crippen LogP contribution in [-0.2, 0) is 28.6 Å². The molecule has 9 nitrogen and oxygen atoms in total. The standard InChI is InChI=1S/C25H34F3N5O4/c1-7-18-21(29-19-13-32(24(35)36-6)14-20(19)37-9-3)23(34)33(8-2)22(30-18)16-11-10-15(31(4)5)12-17(16)25(26,27)28/h10-12,19-20,29H,7-9,13-14H2,1-6H3/t19-,20+/m1/s1. The van der Waals surface area contributed by atoms with E-state index in [0.29, 0.717) is 24.4 Å². The van der Waals surface area contributed by atoms with Crippen molar-refractivity contribution in [3.8, 4) is 11.4 Å². The molecule has 0 spiro atoms. The van der Waals surface area contributed by atoms with Crippen molar-refractivity contribution >= 4 is 17.5 Å². The molecule has 12 heteroatoms. The van der Waals surface area contributed by atoms with Gasteiger partial charge < -0.3 is 24.6 Å². The third kappa shape index (κ3) is 5.84. The lowest BCUT2D eigenvalue weighted by Crippen LogP contribution is -2.38. The predicted octanol–water partition coefficient (Wildman–Crippen LogP) is 3.85. The van der Waals surface area contributed by atoms with Gasteiger partial charge >= 0.3 is 12.3 Å². The number of ether oxygens (including phenoxy) is 2. The van der Waals surface area contributed by atoms with E-state index in [1.165, 1.54) is 22.6 Å². The van der Waals surface area contributed by atoms with E-state index in [1.54, 1.807) is 38.9 Å². The summed E-state index contributed by atoms with van der Waals surface area (Å²) in [5.41, 5.74) is -0.608. The van der Waals surface area contributed by atoms with Crippen molar-refractivity contribution in [2.75, 3.05) is 51.1 Å². The summed E-state index contributed by atoms with van der Waals surface area (Å²) < 4.78 is 54.1. The van der Waals surface area contributed by atoms with Gasteiger partial charge in [-0.05, 0) is 38.5 Å². The minimum atomic E-state index is -4.65. The Hall–Kier alpha value is -3.28. The highest BCUT2D eigenvalue weighted by Crippen LogP contribution is 2.38. The topological polar surface area (TPSA) is 88.9 Å². The number of benzene rings is 1. The van der Waals surface area contributed by atoms with Crippen molar-refractivity contribution in [3.05, 3.63) is 39.8 Å². The zero-order valence-corrected chi connectivity index (χ0v) is 22.0. The average Bonchev–Trinajstić information content (AvgIpc) is 3.26. The van der Waals surface area contributed by atoms with E-state index in [0.717, 1.165) is 6.07 Å². The third-order valence-electron chi connectivity index (χ3n) is 6.37. The minimum absolute atomic E-state index is 0.0449. The number of aromatic nitrogens is 2. The van der Waals surface area contributed by atoms with Crippen LogP contribution in [0.2, 0.25) is 0 Å². The molecule has 0 unspecified atom stereocenters. The Balaban J connectivity index is 2.13. The second-order valence-electron chi connectivity index (χ2n) is 8.90. The zero-order chi connectivity index (χ0) is 27.5. The second-order valence-corrected chi connectivity index (χ2v) is 8.90. The van der Waals surface area contributed by atoms with E-state index < -0.39 is 35.5 Å². The van der Waals surface area contributed by atoms with E-state index in [-0.39, 0.29) is 36.7 Å². The van der Waals surface area contributed by atoms with Crippen LogP contribution in [-0.4, -0.2) is 73.6 Å². The van der Waals surface area contributed by atoms with Crippen LogP contribution < -0.4 is 15.8 Å². The van der Waals surface area contributed by atoms with E-state index in [9.17, 15) is 22.8 Å². The predicted molar refractivity (Wildman–Crippen MR) is 135 cm³/mol. The monoisotopic (exact) mass is 525 g/mol. The molecule has 1 fully saturated rings. The van der Waals surface area contributed by atoms with Gasteiger partial charge in [-0.2, -0.15) is 13.2 Å². The van der Waals surface area contributed by atoms with Gasteiger partial charge in [0.05, 0.1) is 37.1 Å². The maximum Gasteiger partial charge on any atom is 0.417 e. The van der Waals surface area contributed by atoms with Crippen molar-refractivity contribution < 1.29 is 27.4 Å². The van der Waals surface area contributed by atoms with Crippen LogP contribution in [0, 0.1) is 0 Å². The molecule has 204 valence electrons. The molecule has 1 amide bonds. The summed E-state index contributed by atoms with van der Waals surface area (Å²) in [6.07, 6.45) is -5.25. The summed E-state index contributed by atoms with van der Waals surface area (Å²) in [5.74, 6) is -0.0449. The number of nitrogens with zero attached hydrogens (tertiary/aromatic N) is 4. The number of aryl methyl sites for hydroxylation is 1. The lowest BCUT2D eigenvalue weighted by Gasteiger charge is -2.24. The van der Waals surface area contributed by atoms with Gasteiger partial charge in [-0.1, -0.05) is 6.92 Å². The molecule has 0 radical (unpaired) electrons. The normalized spacial score (nSPS) is 17.7. The summed E-state index contributed by atoms with van der Waals surface area (Å²) in [6.45, 7) is 6.32. The molecule has 0 bridgehead atoms. The number of anilines is 2. The van der Waals surface area contributed by atoms with Crippen molar-refractivity contribution in [2.45, 2.75) is 52.1 Å². The average molecular weight is 526 g/mol. The number of amides is 1. The Bertz CT molecular complexity index is 1180. The molecular formula is C25H34F3N5O4. The maximum absolute atomic E-state index is 14.1. The number of likely N-dealkylation sites (tertiary alicyclic amines) is 1. The van der Waals surface area contributed by atoms with Crippen molar-refractivity contribution in [2.24, 2.45) is 0 Å². The highest BCUT2D eigenvalue weighted by molar-refractivity contribution is 5.69. The molecule has 2 aromatic rings. The number of methoxy groups -OCH3 is 1. The molecule has 37 heavy (non-hydrogen) atoms. The van der Waals surface area contributed by atoms with E-state index >= 15 is 0 Å². The highest BCUT2D eigenvalue weighted by Gasteiger charge is 2.38. The second kappa shape index (κ2) is 11.4. The number of carbonyl (C=O) groups excluding carboxylic acids is 1. The van der Waals surface area contributed by atoms with E-state index in [2.05, 4.69) is 10.3 Å². The first-order valence-electron chi connectivity index (χ1n) is 12.2. The number of hydrogen-bond donors (Lipinski definition) is 1. The Morgan fingerprint density at radius 3 is 2.46 bits per heavy atom. The number of halogens is 3. The molecule has 1 saturated heterocycles. The molecule has 0 aliphatic carbocycles. The van der Waals surface area contributed by atoms with Crippen LogP contribution in [0.3, 0.4) is 0 Å². The van der Waals surface area contributed by atoms with Gasteiger partial charge in [0.2, 0.25) is 0 Å². The molecule has 2 heterocycles. The van der Waals surface area contributed by atoms with Gasteiger partial charge in [-0.25, -0.2) is 9.78 Å². The highest BCUT2D eigenvalue weighted by atomic mass is 19.4. The molecular weight excluding hydrogens is 491 g/mol. The molecule has 1 aromatic heterocycles. The van der Waals surface area contributed by atoms with Crippen molar-refractivity contribution in [3.63, 3.8) is 0 Å². The van der Waals surface area contributed by atoms with Crippen LogP contribution in [0.4, 0.5) is 29.3 Å². The Morgan fingerprint density at radius 1 is 1.22 bits per heavy atom. The Labute approximate surface area is 214 Å². The maximum atomic E-state index is 14.1. The largest absolute Gasteiger partial charge is 0.453 e. The van der Waals surface area contributed by atoms with Gasteiger partial charge in [0.15, 0.2) is 0 Å². The van der Waals surface area contributed by atoms with E-state index in [4.69, 9.17) is 9.47 Å². The van der Waals surface area contributed by atoms with Crippen molar-refractivity contribution in [1.29, 1.82) is 0 Å². The fraction of sp³-hybridized carbons (Fsp3) is 0.560. The Kier molecular flexibility index (Phi) is 8.72. The van der Waals surface area contributed by atoms with Crippen LogP contribution in [0.1, 0.15) is 32.0 Å². The molecule has 3 rings (SSSR count). The molecule has 1 N–H and O–H groups in total. The number of hydrogen-bond acceptors (Lipinski definition) is 7. The van der Waals surface area contributed by atoms with Gasteiger partial charge in [0, 0.05) is 45.0 Å².